The molecule has 0 aromatic heterocycles. The third-order valence-electron chi connectivity index (χ3n) is 1.05. The van der Waals surface area contributed by atoms with Crippen LogP contribution in [0.15, 0.2) is 0 Å². The van der Waals surface area contributed by atoms with Crippen molar-refractivity contribution in [2.24, 2.45) is 11.8 Å². The topological polar surface area (TPSA) is 44.0 Å². The molecule has 0 aliphatic carbocycles. The molecule has 60 valence electrons. The highest BCUT2D eigenvalue weighted by molar-refractivity contribution is 4.78. The van der Waals surface area contributed by atoms with Crippen molar-refractivity contribution >= 4 is 0 Å². The molecule has 0 saturated carbocycles. The summed E-state index contributed by atoms with van der Waals surface area (Å²) in [5.41, 5.74) is 0. The molecule has 0 spiro atoms. The first-order valence-electron chi connectivity index (χ1n) is 3.51. The van der Waals surface area contributed by atoms with Crippen LogP contribution in [-0.2, 0) is 0 Å². The highest BCUT2D eigenvalue weighted by Gasteiger charge is 2.00. The van der Waals surface area contributed by atoms with Crippen LogP contribution in [-0.4, -0.2) is 12.2 Å². The van der Waals surface area contributed by atoms with Gasteiger partial charge in [0, 0.05) is 13.0 Å². The quantitative estimate of drug-likeness (QED) is 0.640. The molecule has 1 unspecified atom stereocenters. The molecule has 0 saturated heterocycles. The van der Waals surface area contributed by atoms with Gasteiger partial charge in [0.1, 0.15) is 0 Å². The van der Waals surface area contributed by atoms with Crippen LogP contribution in [0.4, 0.5) is 0 Å². The van der Waals surface area contributed by atoms with Gasteiger partial charge in [-0.3, -0.25) is 0 Å². The van der Waals surface area contributed by atoms with Crippen LogP contribution in [0.3, 0.4) is 0 Å². The van der Waals surface area contributed by atoms with Crippen LogP contribution >= 0.6 is 0 Å². The summed E-state index contributed by atoms with van der Waals surface area (Å²) in [6.07, 6.45) is 1.02. The van der Waals surface area contributed by atoms with Gasteiger partial charge in [0.25, 0.3) is 0 Å². The summed E-state index contributed by atoms with van der Waals surface area (Å²) in [5.74, 6) is 0.889. The lowest BCUT2D eigenvalue weighted by Crippen LogP contribution is -1.95. The van der Waals surface area contributed by atoms with E-state index < -0.39 is 0 Å². The second kappa shape index (κ2) is 8.45. The highest BCUT2D eigenvalue weighted by atomic mass is 16.2. The first-order valence-corrected chi connectivity index (χ1v) is 3.51. The Morgan fingerprint density at radius 1 is 1.30 bits per heavy atom. The maximum absolute atomic E-state index is 8.33. The molecule has 1 atom stereocenters. The number of nitriles is 1. The SMILES string of the molecule is CC(C)CC(C)C#N.CO. The Labute approximate surface area is 63.5 Å². The van der Waals surface area contributed by atoms with E-state index >= 15 is 0 Å². The third-order valence-corrected chi connectivity index (χ3v) is 1.05. The Morgan fingerprint density at radius 3 is 1.80 bits per heavy atom. The lowest BCUT2D eigenvalue weighted by atomic mass is 10.0. The fraction of sp³-hybridized carbons (Fsp3) is 0.875. The molecule has 10 heavy (non-hydrogen) atoms. The van der Waals surface area contributed by atoms with Gasteiger partial charge < -0.3 is 5.11 Å². The van der Waals surface area contributed by atoms with Crippen molar-refractivity contribution in [3.05, 3.63) is 0 Å². The summed E-state index contributed by atoms with van der Waals surface area (Å²) in [5, 5.41) is 15.3. The summed E-state index contributed by atoms with van der Waals surface area (Å²) in [6, 6.07) is 2.20. The number of aliphatic hydroxyl groups is 1. The molecule has 2 heteroatoms. The lowest BCUT2D eigenvalue weighted by molar-refractivity contribution is 0.399. The molecule has 0 fully saturated rings. The summed E-state index contributed by atoms with van der Waals surface area (Å²) in [4.78, 5) is 0. The van der Waals surface area contributed by atoms with E-state index in [9.17, 15) is 0 Å². The van der Waals surface area contributed by atoms with Crippen LogP contribution in [0.25, 0.3) is 0 Å². The van der Waals surface area contributed by atoms with Crippen LogP contribution < -0.4 is 0 Å². The Balaban J connectivity index is 0. The smallest absolute Gasteiger partial charge is 0.0652 e. The monoisotopic (exact) mass is 143 g/mol. The molecule has 0 radical (unpaired) electrons. The van der Waals surface area contributed by atoms with Gasteiger partial charge in [0.05, 0.1) is 6.07 Å². The standard InChI is InChI=1S/C7H13N.CH4O/c1-6(2)4-7(3)5-8;1-2/h6-7H,4H2,1-3H3;2H,1H3. The average molecular weight is 143 g/mol. The summed E-state index contributed by atoms with van der Waals surface area (Å²) < 4.78 is 0. The van der Waals surface area contributed by atoms with Gasteiger partial charge in [-0.2, -0.15) is 5.26 Å². The molecule has 0 aliphatic heterocycles. The van der Waals surface area contributed by atoms with E-state index in [-0.39, 0.29) is 5.92 Å². The van der Waals surface area contributed by atoms with E-state index in [0.717, 1.165) is 13.5 Å². The van der Waals surface area contributed by atoms with Gasteiger partial charge in [0.2, 0.25) is 0 Å². The molecule has 0 bridgehead atoms. The van der Waals surface area contributed by atoms with Crippen molar-refractivity contribution in [1.29, 1.82) is 5.26 Å². The minimum atomic E-state index is 0.231. The average Bonchev–Trinajstić information content (AvgIpc) is 1.91. The summed E-state index contributed by atoms with van der Waals surface area (Å²) in [6.45, 7) is 6.22. The number of aliphatic hydroxyl groups excluding tert-OH is 1. The van der Waals surface area contributed by atoms with Crippen molar-refractivity contribution in [2.45, 2.75) is 27.2 Å². The second-order valence-electron chi connectivity index (χ2n) is 2.66. The van der Waals surface area contributed by atoms with E-state index in [4.69, 9.17) is 10.4 Å². The van der Waals surface area contributed by atoms with E-state index in [1.165, 1.54) is 0 Å². The first kappa shape index (κ1) is 12.2. The van der Waals surface area contributed by atoms with Gasteiger partial charge in [-0.1, -0.05) is 13.8 Å². The fourth-order valence-electron chi connectivity index (χ4n) is 0.760. The number of hydrogen-bond donors (Lipinski definition) is 1. The maximum Gasteiger partial charge on any atom is 0.0652 e. The number of hydrogen-bond acceptors (Lipinski definition) is 2. The van der Waals surface area contributed by atoms with Crippen molar-refractivity contribution in [1.82, 2.24) is 0 Å². The second-order valence-corrected chi connectivity index (χ2v) is 2.66. The molecule has 1 N–H and O–H groups in total. The minimum Gasteiger partial charge on any atom is -0.400 e. The predicted molar refractivity (Wildman–Crippen MR) is 42.4 cm³/mol. The van der Waals surface area contributed by atoms with E-state index in [0.29, 0.717) is 5.92 Å². The molecule has 2 nitrogen and oxygen atoms in total. The first-order chi connectivity index (χ1) is 4.66. The molecule has 0 aromatic carbocycles. The zero-order chi connectivity index (χ0) is 8.57. The lowest BCUT2D eigenvalue weighted by Gasteiger charge is -2.03. The Kier molecular flexibility index (Phi) is 10.3. The van der Waals surface area contributed by atoms with Crippen LogP contribution in [0, 0.1) is 23.2 Å². The van der Waals surface area contributed by atoms with Crippen molar-refractivity contribution in [3.63, 3.8) is 0 Å². The Hall–Kier alpha value is -0.550. The van der Waals surface area contributed by atoms with Gasteiger partial charge in [-0.25, -0.2) is 0 Å². The molecule has 0 amide bonds. The molecule has 0 aromatic rings. The van der Waals surface area contributed by atoms with Crippen LogP contribution in [0.5, 0.6) is 0 Å². The maximum atomic E-state index is 8.33. The van der Waals surface area contributed by atoms with Gasteiger partial charge in [-0.15, -0.1) is 0 Å². The van der Waals surface area contributed by atoms with E-state index in [2.05, 4.69) is 19.9 Å². The largest absolute Gasteiger partial charge is 0.400 e. The van der Waals surface area contributed by atoms with Crippen LogP contribution in [0.2, 0.25) is 0 Å². The third kappa shape index (κ3) is 10.4. The van der Waals surface area contributed by atoms with Crippen molar-refractivity contribution in [3.8, 4) is 6.07 Å². The summed E-state index contributed by atoms with van der Waals surface area (Å²) >= 11 is 0. The minimum absolute atomic E-state index is 0.231. The normalized spacial score (nSPS) is 11.3. The fourth-order valence-corrected chi connectivity index (χ4v) is 0.760. The van der Waals surface area contributed by atoms with E-state index in [1.807, 2.05) is 6.92 Å². The Bertz CT molecular complexity index is 93.9. The number of nitrogens with zero attached hydrogens (tertiary/aromatic N) is 1. The zero-order valence-electron chi connectivity index (χ0n) is 7.26. The highest BCUT2D eigenvalue weighted by Crippen LogP contribution is 2.08. The van der Waals surface area contributed by atoms with E-state index in [1.54, 1.807) is 0 Å². The molecule has 0 rings (SSSR count). The number of rotatable bonds is 2. The van der Waals surface area contributed by atoms with Crippen LogP contribution in [0.1, 0.15) is 27.2 Å². The molecular formula is C8H17NO. The molecular weight excluding hydrogens is 126 g/mol. The van der Waals surface area contributed by atoms with Crippen molar-refractivity contribution in [2.75, 3.05) is 7.11 Å². The summed E-state index contributed by atoms with van der Waals surface area (Å²) in [7, 11) is 1.00. The van der Waals surface area contributed by atoms with Gasteiger partial charge >= 0.3 is 0 Å². The zero-order valence-corrected chi connectivity index (χ0v) is 7.26. The van der Waals surface area contributed by atoms with Gasteiger partial charge in [0.15, 0.2) is 0 Å². The Morgan fingerprint density at radius 2 is 1.70 bits per heavy atom. The van der Waals surface area contributed by atoms with Crippen molar-refractivity contribution < 1.29 is 5.11 Å². The predicted octanol–water partition coefficient (Wildman–Crippen LogP) is 1.80. The molecule has 0 heterocycles. The van der Waals surface area contributed by atoms with Gasteiger partial charge in [-0.05, 0) is 19.3 Å². The molecule has 0 aliphatic rings.